The van der Waals surface area contributed by atoms with E-state index in [0.29, 0.717) is 0 Å². The van der Waals surface area contributed by atoms with Crippen LogP contribution in [0.15, 0.2) is 0 Å². The summed E-state index contributed by atoms with van der Waals surface area (Å²) >= 11 is 0. The van der Waals surface area contributed by atoms with E-state index in [1.54, 1.807) is 13.8 Å². The van der Waals surface area contributed by atoms with Gasteiger partial charge in [-0.15, -0.1) is 0 Å². The average Bonchev–Trinajstić information content (AvgIpc) is 2.18. The van der Waals surface area contributed by atoms with Gasteiger partial charge in [0.1, 0.15) is 0 Å². The smallest absolute Gasteiger partial charge is 0.203 e. The summed E-state index contributed by atoms with van der Waals surface area (Å²) in [6, 6.07) is 0. The molecule has 0 atom stereocenters. The van der Waals surface area contributed by atoms with Crippen molar-refractivity contribution in [2.24, 2.45) is 5.92 Å². The first-order valence-corrected chi connectivity index (χ1v) is 4.40. The number of benzene rings is 1. The SMILES string of the molecule is CC(C)Cc1c(O)c(F)c(F)c(F)c1F. The third kappa shape index (κ3) is 2.06. The first-order valence-electron chi connectivity index (χ1n) is 4.40. The minimum atomic E-state index is -1.99. The molecule has 1 rings (SSSR count). The molecule has 0 bridgehead atoms. The Morgan fingerprint density at radius 1 is 0.933 bits per heavy atom. The number of phenolic OH excluding ortho intramolecular Hbond substituents is 1. The first kappa shape index (κ1) is 11.8. The number of hydrogen-bond donors (Lipinski definition) is 1. The molecule has 0 amide bonds. The Balaban J connectivity index is 3.39. The molecular formula is C10H10F4O. The topological polar surface area (TPSA) is 20.2 Å². The Kier molecular flexibility index (Phi) is 3.21. The highest BCUT2D eigenvalue weighted by atomic mass is 19.2. The van der Waals surface area contributed by atoms with Crippen molar-refractivity contribution in [2.45, 2.75) is 20.3 Å². The zero-order chi connectivity index (χ0) is 11.7. The van der Waals surface area contributed by atoms with E-state index in [1.807, 2.05) is 0 Å². The molecule has 15 heavy (non-hydrogen) atoms. The van der Waals surface area contributed by atoms with E-state index in [9.17, 15) is 17.6 Å². The molecule has 0 aliphatic heterocycles. The van der Waals surface area contributed by atoms with Gasteiger partial charge in [0.15, 0.2) is 17.4 Å². The summed E-state index contributed by atoms with van der Waals surface area (Å²) in [6.45, 7) is 3.36. The van der Waals surface area contributed by atoms with Crippen LogP contribution >= 0.6 is 0 Å². The van der Waals surface area contributed by atoms with Crippen LogP contribution in [0.25, 0.3) is 0 Å². The fourth-order valence-corrected chi connectivity index (χ4v) is 1.26. The van der Waals surface area contributed by atoms with Crippen molar-refractivity contribution in [3.05, 3.63) is 28.8 Å². The zero-order valence-electron chi connectivity index (χ0n) is 8.24. The van der Waals surface area contributed by atoms with Gasteiger partial charge in [-0.2, -0.15) is 4.39 Å². The Labute approximate surface area is 84.3 Å². The maximum atomic E-state index is 13.1. The van der Waals surface area contributed by atoms with Gasteiger partial charge in [0.05, 0.1) is 0 Å². The van der Waals surface area contributed by atoms with Gasteiger partial charge in [-0.3, -0.25) is 0 Å². The number of halogens is 4. The van der Waals surface area contributed by atoms with Crippen molar-refractivity contribution in [2.75, 3.05) is 0 Å². The largest absolute Gasteiger partial charge is 0.504 e. The van der Waals surface area contributed by atoms with E-state index in [-0.39, 0.29) is 12.3 Å². The maximum Gasteiger partial charge on any atom is 0.203 e. The normalized spacial score (nSPS) is 11.1. The summed E-state index contributed by atoms with van der Waals surface area (Å²) in [7, 11) is 0. The number of aromatic hydroxyl groups is 1. The van der Waals surface area contributed by atoms with Crippen LogP contribution < -0.4 is 0 Å². The van der Waals surface area contributed by atoms with Crippen LogP contribution in [0.2, 0.25) is 0 Å². The van der Waals surface area contributed by atoms with Crippen LogP contribution in [0.3, 0.4) is 0 Å². The number of phenols is 1. The molecule has 0 unspecified atom stereocenters. The van der Waals surface area contributed by atoms with Crippen molar-refractivity contribution >= 4 is 0 Å². The maximum absolute atomic E-state index is 13.1. The zero-order valence-corrected chi connectivity index (χ0v) is 8.24. The van der Waals surface area contributed by atoms with Crippen molar-refractivity contribution in [3.63, 3.8) is 0 Å². The second-order valence-electron chi connectivity index (χ2n) is 3.68. The quantitative estimate of drug-likeness (QED) is 0.463. The molecule has 0 spiro atoms. The van der Waals surface area contributed by atoms with Crippen LogP contribution in [0, 0.1) is 29.2 Å². The lowest BCUT2D eigenvalue weighted by Gasteiger charge is -2.10. The van der Waals surface area contributed by atoms with Crippen LogP contribution in [0.4, 0.5) is 17.6 Å². The fraction of sp³-hybridized carbons (Fsp3) is 0.400. The molecule has 0 aliphatic rings. The lowest BCUT2D eigenvalue weighted by molar-refractivity contribution is 0.353. The summed E-state index contributed by atoms with van der Waals surface area (Å²) in [5, 5.41) is 9.11. The first-order chi connectivity index (χ1) is 6.86. The highest BCUT2D eigenvalue weighted by Gasteiger charge is 2.25. The van der Waals surface area contributed by atoms with Crippen LogP contribution in [0.1, 0.15) is 19.4 Å². The van der Waals surface area contributed by atoms with Gasteiger partial charge in [0.25, 0.3) is 0 Å². The van der Waals surface area contributed by atoms with Gasteiger partial charge >= 0.3 is 0 Å². The summed E-state index contributed by atoms with van der Waals surface area (Å²) in [5.74, 6) is -8.42. The third-order valence-electron chi connectivity index (χ3n) is 1.95. The molecule has 1 nitrogen and oxygen atoms in total. The number of rotatable bonds is 2. The molecule has 1 N–H and O–H groups in total. The Morgan fingerprint density at radius 2 is 1.40 bits per heavy atom. The molecule has 0 aliphatic carbocycles. The predicted octanol–water partition coefficient (Wildman–Crippen LogP) is 3.15. The van der Waals surface area contributed by atoms with Gasteiger partial charge < -0.3 is 5.11 Å². The van der Waals surface area contributed by atoms with Crippen molar-refractivity contribution < 1.29 is 22.7 Å². The second kappa shape index (κ2) is 4.08. The molecule has 0 saturated carbocycles. The van der Waals surface area contributed by atoms with E-state index in [1.165, 1.54) is 0 Å². The molecule has 1 aromatic carbocycles. The summed E-state index contributed by atoms with van der Waals surface area (Å²) in [5.41, 5.74) is -0.526. The predicted molar refractivity (Wildman–Crippen MR) is 46.5 cm³/mol. The summed E-state index contributed by atoms with van der Waals surface area (Å²) < 4.78 is 51.4. The van der Waals surface area contributed by atoms with Gasteiger partial charge in [0.2, 0.25) is 11.6 Å². The van der Waals surface area contributed by atoms with Crippen molar-refractivity contribution in [1.29, 1.82) is 0 Å². The van der Waals surface area contributed by atoms with E-state index in [2.05, 4.69) is 0 Å². The number of hydrogen-bond acceptors (Lipinski definition) is 1. The molecule has 0 fully saturated rings. The van der Waals surface area contributed by atoms with E-state index >= 15 is 0 Å². The van der Waals surface area contributed by atoms with E-state index < -0.39 is 34.6 Å². The third-order valence-corrected chi connectivity index (χ3v) is 1.95. The van der Waals surface area contributed by atoms with Gasteiger partial charge in [-0.05, 0) is 12.3 Å². The van der Waals surface area contributed by atoms with Crippen LogP contribution in [-0.4, -0.2) is 5.11 Å². The molecule has 1 aromatic rings. The van der Waals surface area contributed by atoms with Gasteiger partial charge in [-0.25, -0.2) is 13.2 Å². The average molecular weight is 222 g/mol. The summed E-state index contributed by atoms with van der Waals surface area (Å²) in [6.07, 6.45) is -0.0637. The highest BCUT2D eigenvalue weighted by Crippen LogP contribution is 2.30. The van der Waals surface area contributed by atoms with Crippen molar-refractivity contribution in [3.8, 4) is 5.75 Å². The lowest BCUT2D eigenvalue weighted by Crippen LogP contribution is -2.05. The molecule has 0 radical (unpaired) electrons. The minimum absolute atomic E-state index is 0.0637. The molecule has 5 heteroatoms. The fourth-order valence-electron chi connectivity index (χ4n) is 1.26. The van der Waals surface area contributed by atoms with Crippen LogP contribution in [0.5, 0.6) is 5.75 Å². The van der Waals surface area contributed by atoms with E-state index in [0.717, 1.165) is 0 Å². The van der Waals surface area contributed by atoms with E-state index in [4.69, 9.17) is 5.11 Å². The standard InChI is InChI=1S/C10H10F4O/c1-4(2)3-5-6(11)7(12)8(13)9(14)10(5)15/h4,15H,3H2,1-2H3. The molecule has 0 saturated heterocycles. The molecule has 0 aromatic heterocycles. The monoisotopic (exact) mass is 222 g/mol. The summed E-state index contributed by atoms with van der Waals surface area (Å²) in [4.78, 5) is 0. The van der Waals surface area contributed by atoms with Crippen LogP contribution in [-0.2, 0) is 6.42 Å². The van der Waals surface area contributed by atoms with Gasteiger partial charge in [0, 0.05) is 5.56 Å². The Bertz CT molecular complexity index is 358. The van der Waals surface area contributed by atoms with Crippen molar-refractivity contribution in [1.82, 2.24) is 0 Å². The highest BCUT2D eigenvalue weighted by molar-refractivity contribution is 5.36. The molecular weight excluding hydrogens is 212 g/mol. The van der Waals surface area contributed by atoms with Gasteiger partial charge in [-0.1, -0.05) is 13.8 Å². The lowest BCUT2D eigenvalue weighted by atomic mass is 10.0. The Morgan fingerprint density at radius 3 is 1.87 bits per heavy atom. The second-order valence-corrected chi connectivity index (χ2v) is 3.68. The Hall–Kier alpha value is -1.26. The minimum Gasteiger partial charge on any atom is -0.504 e. The molecule has 0 heterocycles. The molecule has 84 valence electrons.